The molecule has 236 valence electrons. The van der Waals surface area contributed by atoms with Gasteiger partial charge in [0.2, 0.25) is 11.8 Å². The third-order valence-corrected chi connectivity index (χ3v) is 9.74. The number of hydrogen-bond acceptors (Lipinski definition) is 4. The molecule has 0 bridgehead atoms. The van der Waals surface area contributed by atoms with E-state index in [1.165, 1.54) is 29.2 Å². The van der Waals surface area contributed by atoms with Gasteiger partial charge in [0.15, 0.2) is 0 Å². The number of carbonyl (C=O) groups excluding carboxylic acids is 2. The third-order valence-electron chi connectivity index (χ3n) is 7.12. The molecule has 0 aliphatic carbocycles. The lowest BCUT2D eigenvalue weighted by atomic mass is 10.0. The molecule has 0 fully saturated rings. The first-order valence-electron chi connectivity index (χ1n) is 14.3. The maximum Gasteiger partial charge on any atom is 0.264 e. The molecule has 0 saturated heterocycles. The zero-order valence-corrected chi connectivity index (χ0v) is 28.2. The van der Waals surface area contributed by atoms with E-state index in [2.05, 4.69) is 5.32 Å². The Kier molecular flexibility index (Phi) is 11.6. The number of para-hydroxylation sites is 1. The quantitative estimate of drug-likeness (QED) is 0.169. The van der Waals surface area contributed by atoms with Crippen molar-refractivity contribution in [2.24, 2.45) is 0 Å². The van der Waals surface area contributed by atoms with Gasteiger partial charge in [0.05, 0.1) is 10.6 Å². The first kappa shape index (κ1) is 34.3. The highest BCUT2D eigenvalue weighted by atomic mass is 35.5. The average molecular weight is 687 g/mol. The summed E-state index contributed by atoms with van der Waals surface area (Å²) in [6.07, 6.45) is 0.185. The van der Waals surface area contributed by atoms with Crippen molar-refractivity contribution in [2.75, 3.05) is 10.8 Å². The van der Waals surface area contributed by atoms with Crippen LogP contribution in [0.5, 0.6) is 0 Å². The van der Waals surface area contributed by atoms with Gasteiger partial charge in [-0.25, -0.2) is 8.42 Å². The predicted octanol–water partition coefficient (Wildman–Crippen LogP) is 7.32. The Hall–Kier alpha value is -3.56. The zero-order valence-electron chi connectivity index (χ0n) is 25.1. The maximum absolute atomic E-state index is 14.5. The number of rotatable bonds is 12. The number of carbonyl (C=O) groups is 2. The molecule has 7 nitrogen and oxygen atoms in total. The van der Waals surface area contributed by atoms with E-state index in [4.69, 9.17) is 34.8 Å². The number of aryl methyl sites for hydroxylation is 1. The van der Waals surface area contributed by atoms with Gasteiger partial charge in [0.25, 0.3) is 10.0 Å². The largest absolute Gasteiger partial charge is 0.352 e. The van der Waals surface area contributed by atoms with E-state index >= 15 is 0 Å². The van der Waals surface area contributed by atoms with Crippen LogP contribution in [0.25, 0.3) is 0 Å². The molecule has 11 heteroatoms. The second-order valence-electron chi connectivity index (χ2n) is 10.9. The lowest BCUT2D eigenvalue weighted by Crippen LogP contribution is -2.54. The number of nitrogens with one attached hydrogen (secondary N) is 1. The van der Waals surface area contributed by atoms with E-state index in [0.29, 0.717) is 31.9 Å². The number of anilines is 1. The Morgan fingerprint density at radius 3 is 2.07 bits per heavy atom. The lowest BCUT2D eigenvalue weighted by Gasteiger charge is -2.34. The Morgan fingerprint density at radius 2 is 1.44 bits per heavy atom. The van der Waals surface area contributed by atoms with Crippen molar-refractivity contribution in [3.63, 3.8) is 0 Å². The molecule has 0 unspecified atom stereocenters. The number of amides is 2. The molecule has 4 aromatic carbocycles. The summed E-state index contributed by atoms with van der Waals surface area (Å²) >= 11 is 18.8. The van der Waals surface area contributed by atoms with Gasteiger partial charge < -0.3 is 10.2 Å². The monoisotopic (exact) mass is 685 g/mol. The van der Waals surface area contributed by atoms with Crippen molar-refractivity contribution in [1.82, 2.24) is 10.2 Å². The van der Waals surface area contributed by atoms with Gasteiger partial charge in [-0.2, -0.15) is 0 Å². The fraction of sp³-hybridized carbons (Fsp3) is 0.235. The van der Waals surface area contributed by atoms with Gasteiger partial charge in [-0.05, 0) is 79.9 Å². The molecule has 0 radical (unpaired) electrons. The summed E-state index contributed by atoms with van der Waals surface area (Å²) in [5.74, 6) is -0.975. The third kappa shape index (κ3) is 8.79. The average Bonchev–Trinajstić information content (AvgIpc) is 2.99. The van der Waals surface area contributed by atoms with E-state index in [0.717, 1.165) is 9.87 Å². The maximum atomic E-state index is 14.5. The Morgan fingerprint density at radius 1 is 0.822 bits per heavy atom. The standard InChI is InChI=1S/C34H34Cl3N3O4S/c1-23(2)38-34(42)32(19-25-10-5-4-6-11-25)39(21-26-13-14-28(36)20-30(26)37)33(41)22-40(31-12-8-7-9-24(31)3)45(43,44)29-17-15-27(35)16-18-29/h4-18,20,23,32H,19,21-22H2,1-3H3,(H,38,42)/t32-/m0/s1. The number of benzene rings is 4. The molecule has 0 saturated carbocycles. The van der Waals surface area contributed by atoms with Gasteiger partial charge in [0, 0.05) is 34.1 Å². The minimum Gasteiger partial charge on any atom is -0.352 e. The molecule has 4 aromatic rings. The van der Waals surface area contributed by atoms with Gasteiger partial charge in [-0.3, -0.25) is 13.9 Å². The van der Waals surface area contributed by atoms with Crippen LogP contribution >= 0.6 is 34.8 Å². The second-order valence-corrected chi connectivity index (χ2v) is 14.0. The highest BCUT2D eigenvalue weighted by molar-refractivity contribution is 7.92. The van der Waals surface area contributed by atoms with Gasteiger partial charge in [0.1, 0.15) is 12.6 Å². The predicted molar refractivity (Wildman–Crippen MR) is 181 cm³/mol. The second kappa shape index (κ2) is 15.1. The van der Waals surface area contributed by atoms with Crippen LogP contribution in [0.3, 0.4) is 0 Å². The number of sulfonamides is 1. The van der Waals surface area contributed by atoms with Crippen LogP contribution in [0.1, 0.15) is 30.5 Å². The Bertz CT molecular complexity index is 1750. The van der Waals surface area contributed by atoms with Crippen molar-refractivity contribution in [3.8, 4) is 0 Å². The molecule has 2 amide bonds. The summed E-state index contributed by atoms with van der Waals surface area (Å²) < 4.78 is 29.4. The van der Waals surface area contributed by atoms with E-state index in [1.807, 2.05) is 44.2 Å². The molecular weight excluding hydrogens is 653 g/mol. The molecule has 0 aliphatic heterocycles. The van der Waals surface area contributed by atoms with Crippen LogP contribution in [0, 0.1) is 6.92 Å². The van der Waals surface area contributed by atoms with Crippen molar-refractivity contribution < 1.29 is 18.0 Å². The zero-order chi connectivity index (χ0) is 32.7. The molecule has 0 spiro atoms. The normalized spacial score (nSPS) is 12.1. The summed E-state index contributed by atoms with van der Waals surface area (Å²) in [5, 5.41) is 4.03. The Labute approximate surface area is 279 Å². The molecule has 1 atom stereocenters. The molecule has 0 aromatic heterocycles. The first-order valence-corrected chi connectivity index (χ1v) is 16.9. The highest BCUT2D eigenvalue weighted by Gasteiger charge is 2.35. The topological polar surface area (TPSA) is 86.8 Å². The minimum absolute atomic E-state index is 0.0337. The molecular formula is C34H34Cl3N3O4S. The molecule has 4 rings (SSSR count). The molecule has 45 heavy (non-hydrogen) atoms. The highest BCUT2D eigenvalue weighted by Crippen LogP contribution is 2.29. The lowest BCUT2D eigenvalue weighted by molar-refractivity contribution is -0.140. The fourth-order valence-electron chi connectivity index (χ4n) is 4.86. The van der Waals surface area contributed by atoms with Gasteiger partial charge in [-0.15, -0.1) is 0 Å². The number of halogens is 3. The number of hydrogen-bond donors (Lipinski definition) is 1. The van der Waals surface area contributed by atoms with Crippen molar-refractivity contribution in [2.45, 2.75) is 50.7 Å². The van der Waals surface area contributed by atoms with Crippen molar-refractivity contribution >= 4 is 62.3 Å². The van der Waals surface area contributed by atoms with Crippen LogP contribution in [0.15, 0.2) is 102 Å². The number of nitrogens with zero attached hydrogens (tertiary/aromatic N) is 2. The fourth-order valence-corrected chi connectivity index (χ4v) is 6.93. The minimum atomic E-state index is -4.25. The van der Waals surface area contributed by atoms with E-state index in [9.17, 15) is 18.0 Å². The van der Waals surface area contributed by atoms with E-state index in [1.54, 1.807) is 49.4 Å². The smallest absolute Gasteiger partial charge is 0.264 e. The van der Waals surface area contributed by atoms with Crippen LogP contribution < -0.4 is 9.62 Å². The molecule has 0 aliphatic rings. The van der Waals surface area contributed by atoms with E-state index in [-0.39, 0.29) is 29.8 Å². The summed E-state index contributed by atoms with van der Waals surface area (Å²) in [5.41, 5.74) is 2.35. The van der Waals surface area contributed by atoms with E-state index < -0.39 is 28.5 Å². The van der Waals surface area contributed by atoms with Crippen LogP contribution in [0.2, 0.25) is 15.1 Å². The summed E-state index contributed by atoms with van der Waals surface area (Å²) in [6.45, 7) is 4.78. The molecule has 1 N–H and O–H groups in total. The van der Waals surface area contributed by atoms with Gasteiger partial charge >= 0.3 is 0 Å². The summed E-state index contributed by atoms with van der Waals surface area (Å²) in [7, 11) is -4.25. The van der Waals surface area contributed by atoms with Crippen LogP contribution in [-0.4, -0.2) is 43.8 Å². The van der Waals surface area contributed by atoms with Gasteiger partial charge in [-0.1, -0.05) is 89.4 Å². The molecule has 0 heterocycles. The SMILES string of the molecule is Cc1ccccc1N(CC(=O)N(Cc1ccc(Cl)cc1Cl)[C@@H](Cc1ccccc1)C(=O)NC(C)C)S(=O)(=O)c1ccc(Cl)cc1. The van der Waals surface area contributed by atoms with Crippen LogP contribution in [-0.2, 0) is 32.6 Å². The van der Waals surface area contributed by atoms with Crippen molar-refractivity contribution in [3.05, 3.63) is 129 Å². The summed E-state index contributed by atoms with van der Waals surface area (Å²) in [4.78, 5) is 29.7. The Balaban J connectivity index is 1.83. The van der Waals surface area contributed by atoms with Crippen LogP contribution in [0.4, 0.5) is 5.69 Å². The first-order chi connectivity index (χ1) is 21.4. The summed E-state index contributed by atoms with van der Waals surface area (Å²) in [6, 6.07) is 25.7. The van der Waals surface area contributed by atoms with Crippen molar-refractivity contribution in [1.29, 1.82) is 0 Å².